The number of nitriles is 1. The van der Waals surface area contributed by atoms with E-state index in [-0.39, 0.29) is 16.8 Å². The molecule has 0 aromatic heterocycles. The number of aryl methyl sites for hydroxylation is 1. The molecule has 0 fully saturated rings. The minimum absolute atomic E-state index is 0.187. The monoisotopic (exact) mass is 272 g/mol. The molecule has 1 aromatic rings. The standard InChI is InChI=1S/C14H12N2O4/c1-6-3-8-12(10(5-15)7(6)2)16-14(20)9(13(8)19)4-11(17)18/h3,9H,4H2,1-2H3,(H,16,20)(H,17,18)/t9-/m1/s1. The van der Waals surface area contributed by atoms with Gasteiger partial charge < -0.3 is 10.4 Å². The van der Waals surface area contributed by atoms with E-state index in [0.29, 0.717) is 5.56 Å². The van der Waals surface area contributed by atoms with Gasteiger partial charge in [-0.05, 0) is 31.0 Å². The summed E-state index contributed by atoms with van der Waals surface area (Å²) in [6.07, 6.45) is -0.557. The zero-order valence-electron chi connectivity index (χ0n) is 11.0. The lowest BCUT2D eigenvalue weighted by atomic mass is 9.85. The number of ketones is 1. The van der Waals surface area contributed by atoms with E-state index in [9.17, 15) is 19.6 Å². The Bertz CT molecular complexity index is 685. The van der Waals surface area contributed by atoms with Crippen LogP contribution in [0.1, 0.15) is 33.5 Å². The van der Waals surface area contributed by atoms with E-state index in [2.05, 4.69) is 5.32 Å². The molecule has 1 atom stereocenters. The summed E-state index contributed by atoms with van der Waals surface area (Å²) < 4.78 is 0. The number of carbonyl (C=O) groups is 3. The van der Waals surface area contributed by atoms with Crippen molar-refractivity contribution < 1.29 is 19.5 Å². The molecule has 2 rings (SSSR count). The largest absolute Gasteiger partial charge is 0.481 e. The second kappa shape index (κ2) is 4.78. The van der Waals surface area contributed by atoms with Crippen LogP contribution in [0.15, 0.2) is 6.07 Å². The highest BCUT2D eigenvalue weighted by Gasteiger charge is 2.37. The van der Waals surface area contributed by atoms with Gasteiger partial charge in [0, 0.05) is 5.56 Å². The molecule has 6 heteroatoms. The van der Waals surface area contributed by atoms with Crippen molar-refractivity contribution in [3.63, 3.8) is 0 Å². The van der Waals surface area contributed by atoms with Crippen LogP contribution < -0.4 is 5.32 Å². The fourth-order valence-corrected chi connectivity index (χ4v) is 2.26. The Morgan fingerprint density at radius 3 is 2.65 bits per heavy atom. The van der Waals surface area contributed by atoms with Gasteiger partial charge in [-0.25, -0.2) is 0 Å². The van der Waals surface area contributed by atoms with E-state index in [1.165, 1.54) is 0 Å². The van der Waals surface area contributed by atoms with Crippen LogP contribution in [-0.4, -0.2) is 22.8 Å². The number of rotatable bonds is 2. The first kappa shape index (κ1) is 13.7. The SMILES string of the molecule is Cc1cc2c(c(C#N)c1C)NC(=O)[C@H](CC(=O)O)C2=O. The van der Waals surface area contributed by atoms with Crippen molar-refractivity contribution in [1.29, 1.82) is 5.26 Å². The molecule has 0 radical (unpaired) electrons. The second-order valence-electron chi connectivity index (χ2n) is 4.73. The van der Waals surface area contributed by atoms with Crippen LogP contribution in [0.2, 0.25) is 0 Å². The number of carboxylic acids is 1. The van der Waals surface area contributed by atoms with Crippen molar-refractivity contribution in [2.45, 2.75) is 20.3 Å². The number of amides is 1. The van der Waals surface area contributed by atoms with E-state index in [0.717, 1.165) is 5.56 Å². The number of carbonyl (C=O) groups excluding carboxylic acids is 2. The molecule has 102 valence electrons. The summed E-state index contributed by atoms with van der Waals surface area (Å²) in [5.74, 6) is -3.68. The smallest absolute Gasteiger partial charge is 0.304 e. The summed E-state index contributed by atoms with van der Waals surface area (Å²) in [4.78, 5) is 34.9. The fraction of sp³-hybridized carbons (Fsp3) is 0.286. The van der Waals surface area contributed by atoms with Gasteiger partial charge in [-0.3, -0.25) is 14.4 Å². The van der Waals surface area contributed by atoms with Crippen LogP contribution in [0.5, 0.6) is 0 Å². The van der Waals surface area contributed by atoms with Crippen LogP contribution in [0.25, 0.3) is 0 Å². The van der Waals surface area contributed by atoms with Gasteiger partial charge in [0.1, 0.15) is 12.0 Å². The van der Waals surface area contributed by atoms with Gasteiger partial charge in [-0.15, -0.1) is 0 Å². The van der Waals surface area contributed by atoms with E-state index in [4.69, 9.17) is 5.11 Å². The third kappa shape index (κ3) is 2.03. The number of anilines is 1. The van der Waals surface area contributed by atoms with E-state index in [1.54, 1.807) is 19.9 Å². The molecule has 1 aliphatic heterocycles. The number of Topliss-reactive ketones (excluding diaryl/α,β-unsaturated/α-hetero) is 1. The molecule has 1 amide bonds. The Morgan fingerprint density at radius 2 is 2.10 bits per heavy atom. The number of aliphatic carboxylic acids is 1. The maximum Gasteiger partial charge on any atom is 0.304 e. The van der Waals surface area contributed by atoms with Crippen LogP contribution in [0.3, 0.4) is 0 Å². The average Bonchev–Trinajstić information content (AvgIpc) is 2.37. The zero-order valence-corrected chi connectivity index (χ0v) is 11.0. The summed E-state index contributed by atoms with van der Waals surface area (Å²) in [7, 11) is 0. The number of nitrogens with zero attached hydrogens (tertiary/aromatic N) is 1. The molecule has 0 saturated heterocycles. The molecule has 0 bridgehead atoms. The lowest BCUT2D eigenvalue weighted by Crippen LogP contribution is -2.37. The predicted octanol–water partition coefficient (Wildman–Crippen LogP) is 1.40. The minimum atomic E-state index is -1.24. The third-order valence-electron chi connectivity index (χ3n) is 3.48. The van der Waals surface area contributed by atoms with E-state index in [1.807, 2.05) is 6.07 Å². The van der Waals surface area contributed by atoms with Crippen LogP contribution in [0, 0.1) is 31.1 Å². The topological polar surface area (TPSA) is 107 Å². The zero-order chi connectivity index (χ0) is 15.0. The minimum Gasteiger partial charge on any atom is -0.481 e. The van der Waals surface area contributed by atoms with Gasteiger partial charge in [0.05, 0.1) is 17.7 Å². The van der Waals surface area contributed by atoms with Gasteiger partial charge in [0.2, 0.25) is 5.91 Å². The normalized spacial score (nSPS) is 17.1. The van der Waals surface area contributed by atoms with Crippen LogP contribution >= 0.6 is 0 Å². The molecule has 2 N–H and O–H groups in total. The maximum atomic E-state index is 12.3. The first-order chi connectivity index (χ1) is 9.36. The lowest BCUT2D eigenvalue weighted by molar-refractivity contribution is -0.139. The summed E-state index contributed by atoms with van der Waals surface area (Å²) >= 11 is 0. The van der Waals surface area contributed by atoms with Crippen molar-refractivity contribution in [3.05, 3.63) is 28.3 Å². The number of hydrogen-bond donors (Lipinski definition) is 2. The first-order valence-corrected chi connectivity index (χ1v) is 5.98. The van der Waals surface area contributed by atoms with Crippen molar-refractivity contribution in [3.8, 4) is 6.07 Å². The molecule has 0 saturated carbocycles. The quantitative estimate of drug-likeness (QED) is 0.791. The van der Waals surface area contributed by atoms with E-state index < -0.39 is 30.0 Å². The summed E-state index contributed by atoms with van der Waals surface area (Å²) in [5.41, 5.74) is 2.08. The molecule has 6 nitrogen and oxygen atoms in total. The van der Waals surface area contributed by atoms with Crippen molar-refractivity contribution in [2.75, 3.05) is 5.32 Å². The average molecular weight is 272 g/mol. The number of hydrogen-bond acceptors (Lipinski definition) is 4. The Balaban J connectivity index is 2.61. The van der Waals surface area contributed by atoms with E-state index >= 15 is 0 Å². The molecule has 0 spiro atoms. The first-order valence-electron chi connectivity index (χ1n) is 5.98. The van der Waals surface area contributed by atoms with Crippen molar-refractivity contribution >= 4 is 23.3 Å². The second-order valence-corrected chi connectivity index (χ2v) is 4.73. The molecular weight excluding hydrogens is 260 g/mol. The molecule has 1 aromatic carbocycles. The molecule has 1 aliphatic rings. The van der Waals surface area contributed by atoms with Crippen molar-refractivity contribution in [2.24, 2.45) is 5.92 Å². The van der Waals surface area contributed by atoms with Gasteiger partial charge >= 0.3 is 5.97 Å². The summed E-state index contributed by atoms with van der Waals surface area (Å²) in [5, 5.41) is 20.4. The Labute approximate surface area is 115 Å². The van der Waals surface area contributed by atoms with Gasteiger partial charge in [-0.1, -0.05) is 0 Å². The number of fused-ring (bicyclic) bond motifs is 1. The Hall–Kier alpha value is -2.68. The number of benzene rings is 1. The fourth-order valence-electron chi connectivity index (χ4n) is 2.26. The molecule has 0 unspecified atom stereocenters. The molecule has 1 heterocycles. The molecule has 0 aliphatic carbocycles. The number of nitrogens with one attached hydrogen (secondary N) is 1. The molecule has 20 heavy (non-hydrogen) atoms. The van der Waals surface area contributed by atoms with Gasteiger partial charge in [-0.2, -0.15) is 5.26 Å². The maximum absolute atomic E-state index is 12.3. The van der Waals surface area contributed by atoms with Crippen LogP contribution in [0.4, 0.5) is 5.69 Å². The lowest BCUT2D eigenvalue weighted by Gasteiger charge is -2.24. The van der Waals surface area contributed by atoms with Crippen LogP contribution in [-0.2, 0) is 9.59 Å². The summed E-state index contributed by atoms with van der Waals surface area (Å²) in [6, 6.07) is 3.56. The third-order valence-corrected chi connectivity index (χ3v) is 3.48. The number of carboxylic acid groups (broad SMARTS) is 1. The molecular formula is C14H12N2O4. The Morgan fingerprint density at radius 1 is 1.45 bits per heavy atom. The highest BCUT2D eigenvalue weighted by Crippen LogP contribution is 2.33. The Kier molecular flexibility index (Phi) is 3.28. The van der Waals surface area contributed by atoms with Gasteiger partial charge in [0.15, 0.2) is 5.78 Å². The van der Waals surface area contributed by atoms with Crippen molar-refractivity contribution in [1.82, 2.24) is 0 Å². The van der Waals surface area contributed by atoms with Gasteiger partial charge in [0.25, 0.3) is 0 Å². The summed E-state index contributed by atoms with van der Waals surface area (Å²) in [6.45, 7) is 3.49. The highest BCUT2D eigenvalue weighted by atomic mass is 16.4. The predicted molar refractivity (Wildman–Crippen MR) is 69.3 cm³/mol. The highest BCUT2D eigenvalue weighted by molar-refractivity contribution is 6.22.